The van der Waals surface area contributed by atoms with E-state index in [1.54, 1.807) is 0 Å². The zero-order chi connectivity index (χ0) is 11.0. The quantitative estimate of drug-likeness (QED) is 0.790. The molecule has 3 heteroatoms. The second kappa shape index (κ2) is 4.98. The van der Waals surface area contributed by atoms with Crippen LogP contribution in [0, 0.1) is 12.8 Å². The van der Waals surface area contributed by atoms with Crippen LogP contribution in [0.3, 0.4) is 0 Å². The lowest BCUT2D eigenvalue weighted by Gasteiger charge is -2.13. The Bertz CT molecular complexity index is 401. The average molecular weight is 240 g/mol. The van der Waals surface area contributed by atoms with Gasteiger partial charge in [-0.05, 0) is 33.0 Å². The van der Waals surface area contributed by atoms with E-state index in [4.69, 9.17) is 0 Å². The van der Waals surface area contributed by atoms with E-state index in [-0.39, 0.29) is 18.3 Å². The lowest BCUT2D eigenvalue weighted by Crippen LogP contribution is -2.25. The smallest absolute Gasteiger partial charge is 0.167 e. The number of rotatable bonds is 2. The molecular weight excluding hydrogens is 222 g/mol. The van der Waals surface area contributed by atoms with Crippen molar-refractivity contribution in [3.63, 3.8) is 0 Å². The van der Waals surface area contributed by atoms with E-state index in [0.29, 0.717) is 5.78 Å². The van der Waals surface area contributed by atoms with Gasteiger partial charge in [0, 0.05) is 18.0 Å². The van der Waals surface area contributed by atoms with Crippen molar-refractivity contribution in [2.75, 3.05) is 20.6 Å². The van der Waals surface area contributed by atoms with Gasteiger partial charge in [0.15, 0.2) is 5.78 Å². The first-order valence-electron chi connectivity index (χ1n) is 5.36. The van der Waals surface area contributed by atoms with E-state index in [1.165, 1.54) is 11.1 Å². The summed E-state index contributed by atoms with van der Waals surface area (Å²) >= 11 is 0. The molecule has 16 heavy (non-hydrogen) atoms. The molecule has 1 atom stereocenters. The topological polar surface area (TPSA) is 20.3 Å². The van der Waals surface area contributed by atoms with Gasteiger partial charge in [-0.25, -0.2) is 0 Å². The molecule has 0 heterocycles. The minimum Gasteiger partial charge on any atom is -0.309 e. The summed E-state index contributed by atoms with van der Waals surface area (Å²) in [5, 5.41) is 0. The van der Waals surface area contributed by atoms with Gasteiger partial charge in [-0.2, -0.15) is 0 Å². The number of nitrogens with zero attached hydrogens (tertiary/aromatic N) is 1. The standard InChI is InChI=1S/C13H17NO.ClH/c1-9-4-5-12-10(6-9)7-11(13(12)15)8-14(2)3;/h4-6,11H,7-8H2,1-3H3;1H. The van der Waals surface area contributed by atoms with Crippen LogP contribution in [-0.4, -0.2) is 31.3 Å². The van der Waals surface area contributed by atoms with Crippen LogP contribution in [0.4, 0.5) is 0 Å². The summed E-state index contributed by atoms with van der Waals surface area (Å²) < 4.78 is 0. The normalized spacial score (nSPS) is 18.5. The molecule has 0 aliphatic heterocycles. The highest BCUT2D eigenvalue weighted by Crippen LogP contribution is 2.27. The van der Waals surface area contributed by atoms with E-state index < -0.39 is 0 Å². The van der Waals surface area contributed by atoms with Gasteiger partial charge in [0.25, 0.3) is 0 Å². The molecule has 0 saturated heterocycles. The highest BCUT2D eigenvalue weighted by molar-refractivity contribution is 6.02. The van der Waals surface area contributed by atoms with Gasteiger partial charge >= 0.3 is 0 Å². The third-order valence-corrected chi connectivity index (χ3v) is 2.95. The zero-order valence-corrected chi connectivity index (χ0v) is 10.8. The van der Waals surface area contributed by atoms with Gasteiger partial charge in [0.05, 0.1) is 0 Å². The summed E-state index contributed by atoms with van der Waals surface area (Å²) in [6, 6.07) is 6.14. The fraction of sp³-hybridized carbons (Fsp3) is 0.462. The molecule has 88 valence electrons. The van der Waals surface area contributed by atoms with E-state index in [9.17, 15) is 4.79 Å². The first-order valence-corrected chi connectivity index (χ1v) is 5.36. The third-order valence-electron chi connectivity index (χ3n) is 2.95. The number of Topliss-reactive ketones (excluding diaryl/α,β-unsaturated/α-hetero) is 1. The van der Waals surface area contributed by atoms with Gasteiger partial charge in [0.2, 0.25) is 0 Å². The summed E-state index contributed by atoms with van der Waals surface area (Å²) in [7, 11) is 4.03. The molecule has 0 aromatic heterocycles. The van der Waals surface area contributed by atoms with Crippen LogP contribution < -0.4 is 0 Å². The minimum absolute atomic E-state index is 0. The van der Waals surface area contributed by atoms with E-state index >= 15 is 0 Å². The van der Waals surface area contributed by atoms with Crippen molar-refractivity contribution in [3.8, 4) is 0 Å². The van der Waals surface area contributed by atoms with Crippen molar-refractivity contribution >= 4 is 18.2 Å². The van der Waals surface area contributed by atoms with Gasteiger partial charge < -0.3 is 4.90 Å². The van der Waals surface area contributed by atoms with Crippen LogP contribution >= 0.6 is 12.4 Å². The molecule has 0 N–H and O–H groups in total. The summed E-state index contributed by atoms with van der Waals surface area (Å²) in [6.07, 6.45) is 0.911. The number of aryl methyl sites for hydroxylation is 1. The van der Waals surface area contributed by atoms with Crippen molar-refractivity contribution in [3.05, 3.63) is 34.9 Å². The molecule has 1 unspecified atom stereocenters. The van der Waals surface area contributed by atoms with Crippen molar-refractivity contribution < 1.29 is 4.79 Å². The number of ketones is 1. The number of benzene rings is 1. The molecule has 2 rings (SSSR count). The predicted molar refractivity (Wildman–Crippen MR) is 68.5 cm³/mol. The first-order chi connectivity index (χ1) is 7.08. The second-order valence-corrected chi connectivity index (χ2v) is 4.69. The molecule has 1 aromatic carbocycles. The Balaban J connectivity index is 0.00000128. The van der Waals surface area contributed by atoms with Crippen molar-refractivity contribution in [1.29, 1.82) is 0 Å². The molecule has 0 saturated carbocycles. The fourth-order valence-electron chi connectivity index (χ4n) is 2.30. The van der Waals surface area contributed by atoms with Crippen LogP contribution in [0.1, 0.15) is 21.5 Å². The molecule has 1 aromatic rings. The number of halogens is 1. The molecule has 0 radical (unpaired) electrons. The van der Waals surface area contributed by atoms with Crippen molar-refractivity contribution in [1.82, 2.24) is 4.90 Å². The Morgan fingerprint density at radius 1 is 1.38 bits per heavy atom. The Hall–Kier alpha value is -0.860. The number of carbonyl (C=O) groups excluding carboxylic acids is 1. The number of carbonyl (C=O) groups is 1. The first kappa shape index (κ1) is 13.2. The lowest BCUT2D eigenvalue weighted by molar-refractivity contribution is 0.0916. The Morgan fingerprint density at radius 3 is 2.69 bits per heavy atom. The molecule has 0 bridgehead atoms. The second-order valence-electron chi connectivity index (χ2n) is 4.69. The molecule has 0 amide bonds. The molecule has 0 spiro atoms. The van der Waals surface area contributed by atoms with E-state index in [1.807, 2.05) is 26.2 Å². The van der Waals surface area contributed by atoms with Crippen LogP contribution in [0.25, 0.3) is 0 Å². The van der Waals surface area contributed by atoms with Crippen LogP contribution in [0.5, 0.6) is 0 Å². The summed E-state index contributed by atoms with van der Waals surface area (Å²) in [5.74, 6) is 0.482. The zero-order valence-electron chi connectivity index (χ0n) is 9.99. The SMILES string of the molecule is Cc1ccc2c(c1)CC(CN(C)C)C2=O.Cl. The van der Waals surface area contributed by atoms with Crippen LogP contribution in [0.15, 0.2) is 18.2 Å². The van der Waals surface area contributed by atoms with Crippen molar-refractivity contribution in [2.24, 2.45) is 5.92 Å². The van der Waals surface area contributed by atoms with Gasteiger partial charge in [-0.3, -0.25) is 4.79 Å². The van der Waals surface area contributed by atoms with Crippen molar-refractivity contribution in [2.45, 2.75) is 13.3 Å². The summed E-state index contributed by atoms with van der Waals surface area (Å²) in [4.78, 5) is 14.1. The Kier molecular flexibility index (Phi) is 4.11. The summed E-state index contributed by atoms with van der Waals surface area (Å²) in [6.45, 7) is 2.93. The fourth-order valence-corrected chi connectivity index (χ4v) is 2.30. The highest BCUT2D eigenvalue weighted by Gasteiger charge is 2.30. The largest absolute Gasteiger partial charge is 0.309 e. The maximum atomic E-state index is 12.0. The molecule has 0 fully saturated rings. The average Bonchev–Trinajstić information content (AvgIpc) is 2.42. The molecular formula is C13H18ClNO. The number of fused-ring (bicyclic) bond motifs is 1. The third kappa shape index (κ3) is 2.45. The van der Waals surface area contributed by atoms with Gasteiger partial charge in [-0.1, -0.05) is 23.8 Å². The predicted octanol–water partition coefficient (Wildman–Crippen LogP) is 2.33. The Morgan fingerprint density at radius 2 is 2.06 bits per heavy atom. The molecule has 1 aliphatic carbocycles. The number of hydrogen-bond donors (Lipinski definition) is 0. The Labute approximate surface area is 103 Å². The van der Waals surface area contributed by atoms with Crippen LogP contribution in [-0.2, 0) is 6.42 Å². The maximum Gasteiger partial charge on any atom is 0.167 e. The van der Waals surface area contributed by atoms with Gasteiger partial charge in [-0.15, -0.1) is 12.4 Å². The number of hydrogen-bond acceptors (Lipinski definition) is 2. The van der Waals surface area contributed by atoms with E-state index in [0.717, 1.165) is 18.5 Å². The van der Waals surface area contributed by atoms with Crippen LogP contribution in [0.2, 0.25) is 0 Å². The summed E-state index contributed by atoms with van der Waals surface area (Å²) in [5.41, 5.74) is 3.41. The monoisotopic (exact) mass is 239 g/mol. The molecule has 1 aliphatic rings. The van der Waals surface area contributed by atoms with Gasteiger partial charge in [0.1, 0.15) is 0 Å². The van der Waals surface area contributed by atoms with E-state index in [2.05, 4.69) is 17.9 Å². The highest BCUT2D eigenvalue weighted by atomic mass is 35.5. The maximum absolute atomic E-state index is 12.0. The molecule has 2 nitrogen and oxygen atoms in total. The minimum atomic E-state index is 0. The lowest BCUT2D eigenvalue weighted by atomic mass is 10.1.